The van der Waals surface area contributed by atoms with E-state index in [2.05, 4.69) is 32.7 Å². The van der Waals surface area contributed by atoms with E-state index in [1.54, 1.807) is 0 Å². The molecule has 2 nitrogen and oxygen atoms in total. The molecule has 1 aliphatic rings. The molecule has 0 aromatic heterocycles. The zero-order valence-electron chi connectivity index (χ0n) is 10.9. The third-order valence-electron chi connectivity index (χ3n) is 4.05. The topological polar surface area (TPSA) is 29.3 Å². The van der Waals surface area contributed by atoms with Gasteiger partial charge in [-0.15, -0.1) is 0 Å². The molecule has 0 spiro atoms. The first-order chi connectivity index (χ1) is 6.96. The molecule has 3 atom stereocenters. The molecular formula is C13H28N2. The Morgan fingerprint density at radius 1 is 1.33 bits per heavy atom. The summed E-state index contributed by atoms with van der Waals surface area (Å²) in [7, 11) is 2.24. The zero-order valence-corrected chi connectivity index (χ0v) is 10.9. The monoisotopic (exact) mass is 212 g/mol. The van der Waals surface area contributed by atoms with Gasteiger partial charge >= 0.3 is 0 Å². The van der Waals surface area contributed by atoms with Crippen molar-refractivity contribution in [2.24, 2.45) is 11.7 Å². The normalized spacial score (nSPS) is 31.6. The Kier molecular flexibility index (Phi) is 4.60. The lowest BCUT2D eigenvalue weighted by atomic mass is 9.84. The van der Waals surface area contributed by atoms with Gasteiger partial charge < -0.3 is 10.6 Å². The standard InChI is InChI=1S/C13H28N2/c1-5-13(3,14)10-15(4)12-9-7-6-8-11(12)2/h11-12H,5-10,14H2,1-4H3. The van der Waals surface area contributed by atoms with E-state index in [4.69, 9.17) is 5.73 Å². The average Bonchev–Trinajstić information content (AvgIpc) is 2.17. The van der Waals surface area contributed by atoms with Gasteiger partial charge in [-0.2, -0.15) is 0 Å². The highest BCUT2D eigenvalue weighted by atomic mass is 15.2. The van der Waals surface area contributed by atoms with Crippen molar-refractivity contribution in [3.05, 3.63) is 0 Å². The molecule has 0 bridgehead atoms. The minimum atomic E-state index is -0.0219. The second-order valence-electron chi connectivity index (χ2n) is 5.75. The molecule has 15 heavy (non-hydrogen) atoms. The van der Waals surface area contributed by atoms with Gasteiger partial charge in [0, 0.05) is 18.1 Å². The van der Waals surface area contributed by atoms with Crippen LogP contribution >= 0.6 is 0 Å². The Morgan fingerprint density at radius 2 is 1.93 bits per heavy atom. The predicted molar refractivity (Wildman–Crippen MR) is 66.9 cm³/mol. The van der Waals surface area contributed by atoms with Gasteiger partial charge in [-0.25, -0.2) is 0 Å². The van der Waals surface area contributed by atoms with Gasteiger partial charge in [-0.1, -0.05) is 26.7 Å². The number of nitrogens with zero attached hydrogens (tertiary/aromatic N) is 1. The maximum atomic E-state index is 6.23. The number of rotatable bonds is 4. The molecule has 0 saturated heterocycles. The molecule has 0 aromatic rings. The van der Waals surface area contributed by atoms with E-state index < -0.39 is 0 Å². The van der Waals surface area contributed by atoms with Crippen molar-refractivity contribution in [1.82, 2.24) is 4.90 Å². The SMILES string of the molecule is CCC(C)(N)CN(C)C1CCCCC1C. The molecule has 90 valence electrons. The van der Waals surface area contributed by atoms with Crippen molar-refractivity contribution < 1.29 is 0 Å². The van der Waals surface area contributed by atoms with Crippen LogP contribution in [0.15, 0.2) is 0 Å². The zero-order chi connectivity index (χ0) is 11.5. The second-order valence-corrected chi connectivity index (χ2v) is 5.75. The maximum Gasteiger partial charge on any atom is 0.0252 e. The minimum Gasteiger partial charge on any atom is -0.324 e. The summed E-state index contributed by atoms with van der Waals surface area (Å²) >= 11 is 0. The van der Waals surface area contributed by atoms with Crippen LogP contribution in [0.4, 0.5) is 0 Å². The summed E-state index contributed by atoms with van der Waals surface area (Å²) in [5.41, 5.74) is 6.21. The van der Waals surface area contributed by atoms with Crippen molar-refractivity contribution in [2.45, 2.75) is 64.5 Å². The van der Waals surface area contributed by atoms with E-state index in [0.717, 1.165) is 24.9 Å². The lowest BCUT2D eigenvalue weighted by Gasteiger charge is -2.40. The molecule has 0 heterocycles. The molecule has 3 unspecified atom stereocenters. The highest BCUT2D eigenvalue weighted by Gasteiger charge is 2.28. The summed E-state index contributed by atoms with van der Waals surface area (Å²) in [5.74, 6) is 0.844. The van der Waals surface area contributed by atoms with Crippen molar-refractivity contribution in [1.29, 1.82) is 0 Å². The number of nitrogens with two attached hydrogens (primary N) is 1. The maximum absolute atomic E-state index is 6.23. The molecule has 0 aromatic carbocycles. The van der Waals surface area contributed by atoms with Crippen molar-refractivity contribution in [3.8, 4) is 0 Å². The molecular weight excluding hydrogens is 184 g/mol. The molecule has 0 amide bonds. The molecule has 1 fully saturated rings. The molecule has 1 aliphatic carbocycles. The van der Waals surface area contributed by atoms with Gasteiger partial charge in [0.05, 0.1) is 0 Å². The van der Waals surface area contributed by atoms with Crippen LogP contribution in [-0.4, -0.2) is 30.1 Å². The van der Waals surface area contributed by atoms with Crippen molar-refractivity contribution in [2.75, 3.05) is 13.6 Å². The largest absolute Gasteiger partial charge is 0.324 e. The van der Waals surface area contributed by atoms with E-state index in [0.29, 0.717) is 0 Å². The fourth-order valence-electron chi connectivity index (χ4n) is 2.75. The lowest BCUT2D eigenvalue weighted by Crippen LogP contribution is -2.51. The highest BCUT2D eigenvalue weighted by Crippen LogP contribution is 2.28. The van der Waals surface area contributed by atoms with Gasteiger partial charge in [0.25, 0.3) is 0 Å². The van der Waals surface area contributed by atoms with Crippen LogP contribution in [0.3, 0.4) is 0 Å². The minimum absolute atomic E-state index is 0.0219. The highest BCUT2D eigenvalue weighted by molar-refractivity contribution is 4.86. The third-order valence-corrected chi connectivity index (χ3v) is 4.05. The Bertz CT molecular complexity index is 189. The first-order valence-electron chi connectivity index (χ1n) is 6.45. The van der Waals surface area contributed by atoms with Crippen LogP contribution in [-0.2, 0) is 0 Å². The molecule has 1 saturated carbocycles. The number of likely N-dealkylation sites (N-methyl/N-ethyl adjacent to an activating group) is 1. The predicted octanol–water partition coefficient (Wildman–Crippen LogP) is 2.62. The molecule has 2 heteroatoms. The summed E-state index contributed by atoms with van der Waals surface area (Å²) in [4.78, 5) is 2.49. The van der Waals surface area contributed by atoms with E-state index in [-0.39, 0.29) is 5.54 Å². The van der Waals surface area contributed by atoms with Crippen LogP contribution in [0, 0.1) is 5.92 Å². The Balaban J connectivity index is 2.48. The van der Waals surface area contributed by atoms with Crippen molar-refractivity contribution in [3.63, 3.8) is 0 Å². The van der Waals surface area contributed by atoms with E-state index in [9.17, 15) is 0 Å². The molecule has 0 radical (unpaired) electrons. The number of hydrogen-bond donors (Lipinski definition) is 1. The van der Waals surface area contributed by atoms with E-state index in [1.165, 1.54) is 25.7 Å². The number of hydrogen-bond acceptors (Lipinski definition) is 2. The van der Waals surface area contributed by atoms with Crippen LogP contribution in [0.25, 0.3) is 0 Å². The van der Waals surface area contributed by atoms with Crippen LogP contribution in [0.5, 0.6) is 0 Å². The van der Waals surface area contributed by atoms with E-state index in [1.807, 2.05) is 0 Å². The molecule has 2 N–H and O–H groups in total. The first-order valence-corrected chi connectivity index (χ1v) is 6.45. The Morgan fingerprint density at radius 3 is 2.47 bits per heavy atom. The quantitative estimate of drug-likeness (QED) is 0.776. The second kappa shape index (κ2) is 5.31. The Labute approximate surface area is 95.2 Å². The van der Waals surface area contributed by atoms with Gasteiger partial charge in [0.2, 0.25) is 0 Å². The molecule has 1 rings (SSSR count). The molecule has 0 aliphatic heterocycles. The summed E-state index contributed by atoms with van der Waals surface area (Å²) in [6.45, 7) is 7.76. The van der Waals surface area contributed by atoms with Crippen molar-refractivity contribution >= 4 is 0 Å². The van der Waals surface area contributed by atoms with Crippen LogP contribution in [0.2, 0.25) is 0 Å². The lowest BCUT2D eigenvalue weighted by molar-refractivity contribution is 0.115. The summed E-state index contributed by atoms with van der Waals surface area (Å²) < 4.78 is 0. The third kappa shape index (κ3) is 3.76. The Hall–Kier alpha value is -0.0800. The van der Waals surface area contributed by atoms with Gasteiger partial charge in [-0.05, 0) is 39.2 Å². The van der Waals surface area contributed by atoms with Crippen LogP contribution < -0.4 is 5.73 Å². The smallest absolute Gasteiger partial charge is 0.0252 e. The fraction of sp³-hybridized carbons (Fsp3) is 1.00. The van der Waals surface area contributed by atoms with Gasteiger partial charge in [0.15, 0.2) is 0 Å². The van der Waals surface area contributed by atoms with Gasteiger partial charge in [0.1, 0.15) is 0 Å². The average molecular weight is 212 g/mol. The fourth-order valence-corrected chi connectivity index (χ4v) is 2.75. The summed E-state index contributed by atoms with van der Waals surface area (Å²) in [6.07, 6.45) is 6.62. The summed E-state index contributed by atoms with van der Waals surface area (Å²) in [5, 5.41) is 0. The first kappa shape index (κ1) is 13.0. The van der Waals surface area contributed by atoms with Crippen LogP contribution in [0.1, 0.15) is 52.9 Å². The van der Waals surface area contributed by atoms with E-state index >= 15 is 0 Å². The van der Waals surface area contributed by atoms with Gasteiger partial charge in [-0.3, -0.25) is 0 Å². The summed E-state index contributed by atoms with van der Waals surface area (Å²) in [6, 6.07) is 0.758.